The highest BCUT2D eigenvalue weighted by Gasteiger charge is 2.16. The maximum atomic E-state index is 11.8. The summed E-state index contributed by atoms with van der Waals surface area (Å²) in [4.78, 5) is 24.5. The Bertz CT molecular complexity index is 381. The first-order valence-corrected chi connectivity index (χ1v) is 6.09. The van der Waals surface area contributed by atoms with Gasteiger partial charge in [0.15, 0.2) is 5.78 Å². The minimum atomic E-state index is -0.274. The van der Waals surface area contributed by atoms with Crippen LogP contribution in [0.1, 0.15) is 34.8 Å². The van der Waals surface area contributed by atoms with Crippen LogP contribution in [0.4, 0.5) is 0 Å². The monoisotopic (exact) mass is 240 g/mol. The van der Waals surface area contributed by atoms with Crippen molar-refractivity contribution in [2.24, 2.45) is 5.92 Å². The summed E-state index contributed by atoms with van der Waals surface area (Å²) in [5.74, 6) is -0.0716. The molecule has 1 atom stereocenters. The third-order valence-corrected chi connectivity index (χ3v) is 3.61. The summed E-state index contributed by atoms with van der Waals surface area (Å²) in [7, 11) is 1.36. The second kappa shape index (κ2) is 5.80. The van der Waals surface area contributed by atoms with E-state index < -0.39 is 0 Å². The van der Waals surface area contributed by atoms with Crippen LogP contribution in [0.2, 0.25) is 0 Å². The molecule has 0 bridgehead atoms. The highest BCUT2D eigenvalue weighted by Crippen LogP contribution is 2.21. The SMILES string of the molecule is CCC(C)C(=O)c1ccc(CC(=O)OC)s1. The zero-order valence-electron chi connectivity index (χ0n) is 9.78. The molecule has 0 spiro atoms. The number of esters is 1. The molecule has 0 saturated carbocycles. The summed E-state index contributed by atoms with van der Waals surface area (Å²) in [6.07, 6.45) is 1.08. The maximum Gasteiger partial charge on any atom is 0.310 e. The minimum Gasteiger partial charge on any atom is -0.469 e. The molecule has 0 aliphatic carbocycles. The highest BCUT2D eigenvalue weighted by molar-refractivity contribution is 7.14. The molecule has 1 rings (SSSR count). The quantitative estimate of drug-likeness (QED) is 0.587. The van der Waals surface area contributed by atoms with E-state index in [1.54, 1.807) is 6.07 Å². The van der Waals surface area contributed by atoms with Crippen LogP contribution in [0.15, 0.2) is 12.1 Å². The van der Waals surface area contributed by atoms with Gasteiger partial charge in [0.05, 0.1) is 18.4 Å². The van der Waals surface area contributed by atoms with Gasteiger partial charge in [0.1, 0.15) is 0 Å². The molecule has 1 heterocycles. The second-order valence-electron chi connectivity index (χ2n) is 3.69. The van der Waals surface area contributed by atoms with Crippen LogP contribution in [0.25, 0.3) is 0 Å². The van der Waals surface area contributed by atoms with Gasteiger partial charge in [0.25, 0.3) is 0 Å². The predicted molar refractivity (Wildman–Crippen MR) is 63.8 cm³/mol. The van der Waals surface area contributed by atoms with Crippen LogP contribution in [0.3, 0.4) is 0 Å². The topological polar surface area (TPSA) is 43.4 Å². The molecule has 1 unspecified atom stereocenters. The molecule has 4 heteroatoms. The molecular weight excluding hydrogens is 224 g/mol. The Hall–Kier alpha value is -1.16. The number of hydrogen-bond acceptors (Lipinski definition) is 4. The molecule has 0 saturated heterocycles. The predicted octanol–water partition coefficient (Wildman–Crippen LogP) is 2.69. The van der Waals surface area contributed by atoms with Gasteiger partial charge in [-0.15, -0.1) is 11.3 Å². The number of ether oxygens (including phenoxy) is 1. The first kappa shape index (κ1) is 12.9. The second-order valence-corrected chi connectivity index (χ2v) is 4.86. The molecule has 16 heavy (non-hydrogen) atoms. The fourth-order valence-electron chi connectivity index (χ4n) is 1.25. The Morgan fingerprint density at radius 1 is 1.44 bits per heavy atom. The number of carbonyl (C=O) groups excluding carboxylic acids is 2. The van der Waals surface area contributed by atoms with Gasteiger partial charge in [0.2, 0.25) is 0 Å². The van der Waals surface area contributed by atoms with Crippen LogP contribution in [-0.2, 0) is 16.0 Å². The van der Waals surface area contributed by atoms with Gasteiger partial charge in [-0.05, 0) is 18.6 Å². The van der Waals surface area contributed by atoms with E-state index in [1.165, 1.54) is 18.4 Å². The van der Waals surface area contributed by atoms with E-state index in [2.05, 4.69) is 4.74 Å². The van der Waals surface area contributed by atoms with Crippen LogP contribution >= 0.6 is 11.3 Å². The number of ketones is 1. The van der Waals surface area contributed by atoms with Crippen molar-refractivity contribution >= 4 is 23.1 Å². The van der Waals surface area contributed by atoms with Crippen molar-refractivity contribution in [1.82, 2.24) is 0 Å². The summed E-state index contributed by atoms with van der Waals surface area (Å²) in [5, 5.41) is 0. The maximum absolute atomic E-state index is 11.8. The first-order valence-electron chi connectivity index (χ1n) is 5.28. The number of Topliss-reactive ketones (excluding diaryl/α,β-unsaturated/α-hetero) is 1. The average molecular weight is 240 g/mol. The summed E-state index contributed by atoms with van der Waals surface area (Å²) in [6, 6.07) is 3.61. The van der Waals surface area contributed by atoms with Crippen molar-refractivity contribution in [1.29, 1.82) is 0 Å². The lowest BCUT2D eigenvalue weighted by Gasteiger charge is -2.03. The van der Waals surface area contributed by atoms with Crippen molar-refractivity contribution in [3.63, 3.8) is 0 Å². The number of methoxy groups -OCH3 is 1. The molecule has 0 amide bonds. The molecule has 1 aromatic heterocycles. The number of hydrogen-bond donors (Lipinski definition) is 0. The van der Waals surface area contributed by atoms with Gasteiger partial charge in [0, 0.05) is 10.8 Å². The standard InChI is InChI=1S/C12H16O3S/c1-4-8(2)12(14)10-6-5-9(16-10)7-11(13)15-3/h5-6,8H,4,7H2,1-3H3. The van der Waals surface area contributed by atoms with Gasteiger partial charge < -0.3 is 4.74 Å². The number of rotatable bonds is 5. The Morgan fingerprint density at radius 3 is 2.69 bits per heavy atom. The Labute approximate surface area is 99.4 Å². The Kier molecular flexibility index (Phi) is 4.68. The van der Waals surface area contributed by atoms with E-state index in [4.69, 9.17) is 0 Å². The average Bonchev–Trinajstić information content (AvgIpc) is 2.75. The molecule has 0 aromatic carbocycles. The summed E-state index contributed by atoms with van der Waals surface area (Å²) in [6.45, 7) is 3.91. The molecule has 0 radical (unpaired) electrons. The highest BCUT2D eigenvalue weighted by atomic mass is 32.1. The molecule has 0 N–H and O–H groups in total. The fraction of sp³-hybridized carbons (Fsp3) is 0.500. The zero-order chi connectivity index (χ0) is 12.1. The van der Waals surface area contributed by atoms with E-state index in [-0.39, 0.29) is 24.1 Å². The normalized spacial score (nSPS) is 12.2. The van der Waals surface area contributed by atoms with Crippen LogP contribution in [0.5, 0.6) is 0 Å². The van der Waals surface area contributed by atoms with Crippen molar-refractivity contribution in [3.8, 4) is 0 Å². The number of carbonyl (C=O) groups is 2. The summed E-state index contributed by atoms with van der Waals surface area (Å²) >= 11 is 1.38. The minimum absolute atomic E-state index is 0.0460. The van der Waals surface area contributed by atoms with Gasteiger partial charge in [-0.25, -0.2) is 0 Å². The van der Waals surface area contributed by atoms with E-state index >= 15 is 0 Å². The van der Waals surface area contributed by atoms with E-state index in [0.29, 0.717) is 0 Å². The third kappa shape index (κ3) is 3.17. The molecular formula is C12H16O3S. The first-order chi connectivity index (χ1) is 7.58. The van der Waals surface area contributed by atoms with Crippen molar-refractivity contribution in [2.75, 3.05) is 7.11 Å². The van der Waals surface area contributed by atoms with Gasteiger partial charge in [-0.1, -0.05) is 13.8 Å². The molecule has 3 nitrogen and oxygen atoms in total. The summed E-state index contributed by atoms with van der Waals surface area (Å²) < 4.78 is 4.58. The lowest BCUT2D eigenvalue weighted by Crippen LogP contribution is -2.08. The van der Waals surface area contributed by atoms with Crippen LogP contribution in [0, 0.1) is 5.92 Å². The molecule has 88 valence electrons. The molecule has 1 aromatic rings. The molecule has 0 aliphatic rings. The van der Waals surface area contributed by atoms with E-state index in [0.717, 1.165) is 16.2 Å². The van der Waals surface area contributed by atoms with Crippen molar-refractivity contribution < 1.29 is 14.3 Å². The molecule has 0 aliphatic heterocycles. The van der Waals surface area contributed by atoms with E-state index in [9.17, 15) is 9.59 Å². The zero-order valence-corrected chi connectivity index (χ0v) is 10.6. The molecule has 0 fully saturated rings. The van der Waals surface area contributed by atoms with Gasteiger partial charge >= 0.3 is 5.97 Å². The van der Waals surface area contributed by atoms with Gasteiger partial charge in [-0.3, -0.25) is 9.59 Å². The van der Waals surface area contributed by atoms with Gasteiger partial charge in [-0.2, -0.15) is 0 Å². The Balaban J connectivity index is 2.71. The smallest absolute Gasteiger partial charge is 0.310 e. The van der Waals surface area contributed by atoms with Crippen molar-refractivity contribution in [2.45, 2.75) is 26.7 Å². The number of thiophene rings is 1. The fourth-order valence-corrected chi connectivity index (χ4v) is 2.29. The lowest BCUT2D eigenvalue weighted by atomic mass is 10.0. The van der Waals surface area contributed by atoms with Crippen molar-refractivity contribution in [3.05, 3.63) is 21.9 Å². The Morgan fingerprint density at radius 2 is 2.12 bits per heavy atom. The van der Waals surface area contributed by atoms with Crippen LogP contribution in [-0.4, -0.2) is 18.9 Å². The lowest BCUT2D eigenvalue weighted by molar-refractivity contribution is -0.139. The third-order valence-electron chi connectivity index (χ3n) is 2.51. The largest absolute Gasteiger partial charge is 0.469 e. The summed E-state index contributed by atoms with van der Waals surface area (Å²) in [5.41, 5.74) is 0. The van der Waals surface area contributed by atoms with E-state index in [1.807, 2.05) is 19.9 Å². The van der Waals surface area contributed by atoms with Crippen LogP contribution < -0.4 is 0 Å².